The first kappa shape index (κ1) is 10.2. The van der Waals surface area contributed by atoms with Crippen molar-refractivity contribution in [3.05, 3.63) is 25.3 Å². The van der Waals surface area contributed by atoms with E-state index in [1.54, 1.807) is 0 Å². The lowest BCUT2D eigenvalue weighted by Crippen LogP contribution is -2.12. The third-order valence-electron chi connectivity index (χ3n) is 1.08. The zero-order valence-electron chi connectivity index (χ0n) is 6.16. The van der Waals surface area contributed by atoms with Crippen LogP contribution in [0, 0.1) is 0 Å². The highest BCUT2D eigenvalue weighted by atomic mass is 32.2. The van der Waals surface area contributed by atoms with Crippen LogP contribution in [0.15, 0.2) is 25.3 Å². The van der Waals surface area contributed by atoms with Crippen LogP contribution in [-0.4, -0.2) is 16.7 Å². The van der Waals surface area contributed by atoms with Gasteiger partial charge in [0, 0.05) is 6.42 Å². The fourth-order valence-electron chi connectivity index (χ4n) is 0.581. The van der Waals surface area contributed by atoms with Crippen LogP contribution in [0.5, 0.6) is 0 Å². The summed E-state index contributed by atoms with van der Waals surface area (Å²) < 4.78 is 0. The highest BCUT2D eigenvalue weighted by Gasteiger charge is 2.12. The molecule has 0 amide bonds. The average molecular weight is 170 g/mol. The van der Waals surface area contributed by atoms with Gasteiger partial charge in [0.2, 0.25) is 0 Å². The van der Waals surface area contributed by atoms with E-state index in [2.05, 4.69) is 13.2 Å². The molecule has 0 aromatic carbocycles. The minimum absolute atomic E-state index is 0.0351. The van der Waals surface area contributed by atoms with Crippen LogP contribution in [0.4, 0.5) is 0 Å². The molecule has 0 aromatic rings. The van der Waals surface area contributed by atoms with Crippen LogP contribution in [0.3, 0.4) is 0 Å². The topological polar surface area (TPSA) is 34.1 Å². The molecule has 1 atom stereocenters. The molecule has 0 saturated heterocycles. The standard InChI is InChI=1S/C8H10O2S/c1-3-5-7(10)8(4-2)11-6-9/h3-4,6,8H,1-2,5H2. The lowest BCUT2D eigenvalue weighted by atomic mass is 10.2. The van der Waals surface area contributed by atoms with E-state index in [-0.39, 0.29) is 12.2 Å². The van der Waals surface area contributed by atoms with Crippen LogP contribution in [-0.2, 0) is 9.59 Å². The van der Waals surface area contributed by atoms with Gasteiger partial charge < -0.3 is 0 Å². The molecule has 0 aliphatic carbocycles. The monoisotopic (exact) mass is 170 g/mol. The number of hydrogen-bond donors (Lipinski definition) is 0. The smallest absolute Gasteiger partial charge is 0.177 e. The van der Waals surface area contributed by atoms with E-state index in [0.717, 1.165) is 11.8 Å². The first-order valence-electron chi connectivity index (χ1n) is 3.11. The van der Waals surface area contributed by atoms with Gasteiger partial charge in [-0.25, -0.2) is 0 Å². The Hall–Kier alpha value is -0.830. The molecule has 0 heterocycles. The van der Waals surface area contributed by atoms with Gasteiger partial charge in [0.05, 0.1) is 5.25 Å². The number of Topliss-reactive ketones (excluding diaryl/α,β-unsaturated/α-hetero) is 1. The predicted molar refractivity (Wildman–Crippen MR) is 48.1 cm³/mol. The van der Waals surface area contributed by atoms with Crippen molar-refractivity contribution in [2.24, 2.45) is 0 Å². The highest BCUT2D eigenvalue weighted by Crippen LogP contribution is 2.11. The van der Waals surface area contributed by atoms with Crippen LogP contribution in [0.1, 0.15) is 6.42 Å². The van der Waals surface area contributed by atoms with E-state index in [4.69, 9.17) is 0 Å². The maximum atomic E-state index is 11.0. The minimum atomic E-state index is -0.412. The summed E-state index contributed by atoms with van der Waals surface area (Å²) >= 11 is 0.929. The number of carbonyl (C=O) groups is 2. The lowest BCUT2D eigenvalue weighted by molar-refractivity contribution is -0.117. The zero-order valence-corrected chi connectivity index (χ0v) is 6.97. The molecule has 60 valence electrons. The predicted octanol–water partition coefficient (Wildman–Crippen LogP) is 1.61. The van der Waals surface area contributed by atoms with Gasteiger partial charge in [0.15, 0.2) is 11.4 Å². The Morgan fingerprint density at radius 1 is 1.55 bits per heavy atom. The van der Waals surface area contributed by atoms with Crippen molar-refractivity contribution in [3.63, 3.8) is 0 Å². The highest BCUT2D eigenvalue weighted by molar-refractivity contribution is 8.13. The maximum absolute atomic E-state index is 11.0. The van der Waals surface area contributed by atoms with Gasteiger partial charge in [-0.2, -0.15) is 0 Å². The van der Waals surface area contributed by atoms with E-state index >= 15 is 0 Å². The molecule has 0 saturated carbocycles. The molecular formula is C8H10O2S. The summed E-state index contributed by atoms with van der Waals surface area (Å²) in [7, 11) is 0. The van der Waals surface area contributed by atoms with Crippen molar-refractivity contribution >= 4 is 23.2 Å². The van der Waals surface area contributed by atoms with Crippen molar-refractivity contribution in [2.75, 3.05) is 0 Å². The van der Waals surface area contributed by atoms with Gasteiger partial charge in [-0.3, -0.25) is 9.59 Å². The molecule has 3 heteroatoms. The average Bonchev–Trinajstić information content (AvgIpc) is 2.00. The summed E-state index contributed by atoms with van der Waals surface area (Å²) in [5.74, 6) is -0.0351. The van der Waals surface area contributed by atoms with Crippen LogP contribution in [0.2, 0.25) is 0 Å². The summed E-state index contributed by atoms with van der Waals surface area (Å²) in [5, 5.41) is -0.412. The SMILES string of the molecule is C=CCC(=O)C(C=C)SC=O. The van der Waals surface area contributed by atoms with Gasteiger partial charge in [-0.05, 0) is 0 Å². The number of rotatable bonds is 6. The summed E-state index contributed by atoms with van der Waals surface area (Å²) in [6.07, 6.45) is 3.27. The minimum Gasteiger partial charge on any atom is -0.298 e. The molecular weight excluding hydrogens is 160 g/mol. The van der Waals surface area contributed by atoms with Gasteiger partial charge in [-0.15, -0.1) is 13.2 Å². The third-order valence-corrected chi connectivity index (χ3v) is 1.94. The molecule has 11 heavy (non-hydrogen) atoms. The first-order chi connectivity index (χ1) is 5.26. The van der Waals surface area contributed by atoms with Crippen LogP contribution >= 0.6 is 11.8 Å². The zero-order chi connectivity index (χ0) is 8.69. The summed E-state index contributed by atoms with van der Waals surface area (Å²) in [6, 6.07) is 0. The number of thioether (sulfide) groups is 1. The van der Waals surface area contributed by atoms with E-state index < -0.39 is 5.25 Å². The fraction of sp³-hybridized carbons (Fsp3) is 0.250. The Morgan fingerprint density at radius 3 is 2.55 bits per heavy atom. The van der Waals surface area contributed by atoms with E-state index in [0.29, 0.717) is 5.62 Å². The Morgan fingerprint density at radius 2 is 2.18 bits per heavy atom. The first-order valence-corrected chi connectivity index (χ1v) is 4.05. The molecule has 0 rings (SSSR count). The molecule has 0 N–H and O–H groups in total. The van der Waals surface area contributed by atoms with E-state index in [1.807, 2.05) is 0 Å². The number of ketones is 1. The van der Waals surface area contributed by atoms with Crippen LogP contribution < -0.4 is 0 Å². The quantitative estimate of drug-likeness (QED) is 0.448. The Kier molecular flexibility index (Phi) is 5.47. The summed E-state index contributed by atoms with van der Waals surface area (Å²) in [5.41, 5.74) is 0.646. The van der Waals surface area contributed by atoms with Crippen molar-refractivity contribution < 1.29 is 9.59 Å². The van der Waals surface area contributed by atoms with Gasteiger partial charge in [0.25, 0.3) is 0 Å². The molecule has 0 fully saturated rings. The summed E-state index contributed by atoms with van der Waals surface area (Å²) in [4.78, 5) is 21.1. The second-order valence-electron chi connectivity index (χ2n) is 1.85. The molecule has 0 aliphatic rings. The second-order valence-corrected chi connectivity index (χ2v) is 2.82. The Bertz CT molecular complexity index is 175. The molecule has 0 aromatic heterocycles. The molecule has 0 bridgehead atoms. The molecule has 0 radical (unpaired) electrons. The summed E-state index contributed by atoms with van der Waals surface area (Å²) in [6.45, 7) is 6.87. The lowest BCUT2D eigenvalue weighted by Gasteiger charge is -2.03. The Labute approximate surface area is 70.4 Å². The fourth-order valence-corrected chi connectivity index (χ4v) is 1.06. The third kappa shape index (κ3) is 3.78. The van der Waals surface area contributed by atoms with Crippen molar-refractivity contribution in [2.45, 2.75) is 11.7 Å². The maximum Gasteiger partial charge on any atom is 0.177 e. The van der Waals surface area contributed by atoms with Gasteiger partial charge in [0.1, 0.15) is 0 Å². The normalized spacial score (nSPS) is 11.6. The van der Waals surface area contributed by atoms with Crippen molar-refractivity contribution in [1.82, 2.24) is 0 Å². The Balaban J connectivity index is 4.00. The largest absolute Gasteiger partial charge is 0.298 e. The second kappa shape index (κ2) is 5.92. The van der Waals surface area contributed by atoms with Crippen molar-refractivity contribution in [1.29, 1.82) is 0 Å². The number of carbonyl (C=O) groups excluding carboxylic acids is 2. The molecule has 0 spiro atoms. The van der Waals surface area contributed by atoms with E-state index in [1.165, 1.54) is 12.2 Å². The molecule has 1 unspecified atom stereocenters. The number of allylic oxidation sites excluding steroid dienone is 1. The molecule has 0 aliphatic heterocycles. The van der Waals surface area contributed by atoms with E-state index in [9.17, 15) is 9.59 Å². The van der Waals surface area contributed by atoms with Gasteiger partial charge >= 0.3 is 0 Å². The van der Waals surface area contributed by atoms with Gasteiger partial charge in [-0.1, -0.05) is 23.9 Å². The van der Waals surface area contributed by atoms with Crippen LogP contribution in [0.25, 0.3) is 0 Å². The molecule has 2 nitrogen and oxygen atoms in total. The number of hydrogen-bond acceptors (Lipinski definition) is 3. The van der Waals surface area contributed by atoms with Crippen molar-refractivity contribution in [3.8, 4) is 0 Å².